The first kappa shape index (κ1) is 15.8. The van der Waals surface area contributed by atoms with Crippen molar-refractivity contribution in [1.29, 1.82) is 5.26 Å². The van der Waals surface area contributed by atoms with Gasteiger partial charge in [0.15, 0.2) is 17.2 Å². The molecule has 2 N–H and O–H groups in total. The average Bonchev–Trinajstić information content (AvgIpc) is 3.00. The molecule has 7 nitrogen and oxygen atoms in total. The zero-order valence-electron chi connectivity index (χ0n) is 13.6. The molecule has 0 amide bonds. The van der Waals surface area contributed by atoms with Crippen molar-refractivity contribution < 1.29 is 4.74 Å². The van der Waals surface area contributed by atoms with Crippen LogP contribution in [0.1, 0.15) is 11.3 Å². The molecule has 2 heterocycles. The smallest absolute Gasteiger partial charge is 0.178 e. The third-order valence-corrected chi connectivity index (χ3v) is 3.53. The molecule has 0 atom stereocenters. The molecule has 24 heavy (non-hydrogen) atoms. The number of hydrogen-bond donors (Lipinski definition) is 2. The number of hydrogen-bond acceptors (Lipinski definition) is 6. The first-order valence-electron chi connectivity index (χ1n) is 7.56. The number of aryl methyl sites for hydroxylation is 1. The van der Waals surface area contributed by atoms with Gasteiger partial charge < -0.3 is 15.4 Å². The molecule has 2 aromatic heterocycles. The van der Waals surface area contributed by atoms with E-state index in [2.05, 4.69) is 26.8 Å². The first-order valence-corrected chi connectivity index (χ1v) is 7.56. The third-order valence-electron chi connectivity index (χ3n) is 3.53. The Balaban J connectivity index is 1.97. The fraction of sp³-hybridized carbons (Fsp3) is 0.235. The molecule has 0 aliphatic carbocycles. The van der Waals surface area contributed by atoms with Crippen LogP contribution in [0.2, 0.25) is 0 Å². The second-order valence-electron chi connectivity index (χ2n) is 5.34. The van der Waals surface area contributed by atoms with Gasteiger partial charge >= 0.3 is 0 Å². The van der Waals surface area contributed by atoms with E-state index in [4.69, 9.17) is 4.74 Å². The van der Waals surface area contributed by atoms with Gasteiger partial charge in [-0.25, -0.2) is 4.98 Å². The normalized spacial score (nSPS) is 10.5. The molecule has 7 heteroatoms. The van der Waals surface area contributed by atoms with Gasteiger partial charge in [0.25, 0.3) is 0 Å². The van der Waals surface area contributed by atoms with Gasteiger partial charge in [0.1, 0.15) is 6.07 Å². The van der Waals surface area contributed by atoms with Crippen molar-refractivity contribution in [1.82, 2.24) is 14.6 Å². The largest absolute Gasteiger partial charge is 0.383 e. The van der Waals surface area contributed by atoms with Gasteiger partial charge in [0, 0.05) is 25.4 Å². The highest BCUT2D eigenvalue weighted by molar-refractivity contribution is 5.73. The number of nitrogens with one attached hydrogen (secondary N) is 2. The van der Waals surface area contributed by atoms with Crippen molar-refractivity contribution in [2.45, 2.75) is 6.92 Å². The number of nitriles is 1. The van der Waals surface area contributed by atoms with E-state index in [1.807, 2.05) is 37.3 Å². The van der Waals surface area contributed by atoms with Crippen LogP contribution in [0.5, 0.6) is 0 Å². The van der Waals surface area contributed by atoms with Gasteiger partial charge in [0.2, 0.25) is 0 Å². The lowest BCUT2D eigenvalue weighted by atomic mass is 10.2. The van der Waals surface area contributed by atoms with E-state index < -0.39 is 0 Å². The van der Waals surface area contributed by atoms with Crippen molar-refractivity contribution >= 4 is 22.8 Å². The molecule has 0 saturated carbocycles. The zero-order valence-corrected chi connectivity index (χ0v) is 13.6. The molecule has 0 bridgehead atoms. The van der Waals surface area contributed by atoms with Crippen molar-refractivity contribution in [3.63, 3.8) is 0 Å². The third kappa shape index (κ3) is 3.29. The number of nitrogens with zero attached hydrogens (tertiary/aromatic N) is 4. The van der Waals surface area contributed by atoms with E-state index in [0.717, 1.165) is 11.4 Å². The van der Waals surface area contributed by atoms with E-state index in [-0.39, 0.29) is 0 Å². The summed E-state index contributed by atoms with van der Waals surface area (Å²) in [6.45, 7) is 3.24. The predicted octanol–water partition coefficient (Wildman–Crippen LogP) is 2.71. The molecule has 0 unspecified atom stereocenters. The molecule has 122 valence electrons. The molecular weight excluding hydrogens is 304 g/mol. The minimum atomic E-state index is 0.382. The summed E-state index contributed by atoms with van der Waals surface area (Å²) in [6, 6.07) is 12.0. The summed E-state index contributed by atoms with van der Waals surface area (Å²) in [5.41, 5.74) is 3.89. The number of methoxy groups -OCH3 is 1. The molecule has 0 spiro atoms. The highest BCUT2D eigenvalue weighted by atomic mass is 16.5. The molecule has 3 rings (SSSR count). The van der Waals surface area contributed by atoms with E-state index in [0.29, 0.717) is 30.3 Å². The first-order chi connectivity index (χ1) is 11.7. The van der Waals surface area contributed by atoms with Crippen LogP contribution in [-0.2, 0) is 4.74 Å². The Morgan fingerprint density at radius 2 is 2.08 bits per heavy atom. The maximum absolute atomic E-state index is 9.23. The zero-order chi connectivity index (χ0) is 16.9. The summed E-state index contributed by atoms with van der Waals surface area (Å²) in [6.07, 6.45) is 1.51. The van der Waals surface area contributed by atoms with Crippen LogP contribution < -0.4 is 10.6 Å². The summed E-state index contributed by atoms with van der Waals surface area (Å²) < 4.78 is 6.60. The number of aromatic nitrogens is 3. The summed E-state index contributed by atoms with van der Waals surface area (Å²) in [4.78, 5) is 4.27. The summed E-state index contributed by atoms with van der Waals surface area (Å²) in [5, 5.41) is 20.2. The number of ether oxygens (including phenoxy) is 1. The van der Waals surface area contributed by atoms with E-state index in [1.165, 1.54) is 16.3 Å². The molecule has 0 fully saturated rings. The van der Waals surface area contributed by atoms with Gasteiger partial charge in [-0.3, -0.25) is 0 Å². The molecule has 3 aromatic rings. The average molecular weight is 322 g/mol. The van der Waals surface area contributed by atoms with Gasteiger partial charge in [-0.15, -0.1) is 5.10 Å². The summed E-state index contributed by atoms with van der Waals surface area (Å²) >= 11 is 0. The molecule has 1 aromatic carbocycles. The van der Waals surface area contributed by atoms with Crippen LogP contribution in [0.3, 0.4) is 0 Å². The lowest BCUT2D eigenvalue weighted by Gasteiger charge is -2.11. The van der Waals surface area contributed by atoms with Crippen molar-refractivity contribution in [3.05, 3.63) is 47.8 Å². The molecular formula is C17H18N6O. The van der Waals surface area contributed by atoms with Gasteiger partial charge in [0.05, 0.1) is 18.5 Å². The predicted molar refractivity (Wildman–Crippen MR) is 92.5 cm³/mol. The molecule has 0 saturated heterocycles. The van der Waals surface area contributed by atoms with Crippen LogP contribution in [0, 0.1) is 18.3 Å². The standard InChI is InChI=1S/C17H18N6O/c1-12-3-5-13(6-4-12)21-16-9-15(19-7-8-24-2)17-20-11-14(10-18)23(17)22-16/h3-6,9,11,19H,7-8H2,1-2H3,(H,21,22). The minimum Gasteiger partial charge on any atom is -0.383 e. The van der Waals surface area contributed by atoms with Gasteiger partial charge in [-0.1, -0.05) is 17.7 Å². The van der Waals surface area contributed by atoms with E-state index in [1.54, 1.807) is 7.11 Å². The van der Waals surface area contributed by atoms with Gasteiger partial charge in [-0.2, -0.15) is 9.78 Å². The van der Waals surface area contributed by atoms with Crippen LogP contribution in [0.25, 0.3) is 5.65 Å². The Kier molecular flexibility index (Phi) is 4.59. The van der Waals surface area contributed by atoms with Crippen LogP contribution >= 0.6 is 0 Å². The van der Waals surface area contributed by atoms with Crippen molar-refractivity contribution in [3.8, 4) is 6.07 Å². The molecule has 0 aliphatic rings. The number of benzene rings is 1. The SMILES string of the molecule is COCCNc1cc(Nc2ccc(C)cc2)nn2c(C#N)cnc12. The Bertz CT molecular complexity index is 878. The Labute approximate surface area is 139 Å². The number of anilines is 3. The molecule has 0 radical (unpaired) electrons. The number of fused-ring (bicyclic) bond motifs is 1. The van der Waals surface area contributed by atoms with E-state index >= 15 is 0 Å². The lowest BCUT2D eigenvalue weighted by Crippen LogP contribution is -2.10. The second kappa shape index (κ2) is 6.98. The highest BCUT2D eigenvalue weighted by Crippen LogP contribution is 2.22. The Morgan fingerprint density at radius 3 is 2.79 bits per heavy atom. The van der Waals surface area contributed by atoms with Crippen LogP contribution in [0.15, 0.2) is 36.5 Å². The Morgan fingerprint density at radius 1 is 1.29 bits per heavy atom. The summed E-state index contributed by atoms with van der Waals surface area (Å²) in [7, 11) is 1.65. The fourth-order valence-electron chi connectivity index (χ4n) is 2.31. The van der Waals surface area contributed by atoms with Crippen LogP contribution in [0.4, 0.5) is 17.2 Å². The van der Waals surface area contributed by atoms with Gasteiger partial charge in [-0.05, 0) is 19.1 Å². The maximum atomic E-state index is 9.23. The Hall–Kier alpha value is -3.11. The summed E-state index contributed by atoms with van der Waals surface area (Å²) in [5.74, 6) is 0.626. The maximum Gasteiger partial charge on any atom is 0.178 e. The topological polar surface area (TPSA) is 87.3 Å². The highest BCUT2D eigenvalue weighted by Gasteiger charge is 2.11. The fourth-order valence-corrected chi connectivity index (χ4v) is 2.31. The van der Waals surface area contributed by atoms with Crippen LogP contribution in [-0.4, -0.2) is 34.9 Å². The minimum absolute atomic E-state index is 0.382. The number of rotatable bonds is 6. The monoisotopic (exact) mass is 322 g/mol. The molecule has 0 aliphatic heterocycles. The van der Waals surface area contributed by atoms with Crippen molar-refractivity contribution in [2.75, 3.05) is 30.9 Å². The number of imidazole rings is 1. The van der Waals surface area contributed by atoms with Crippen molar-refractivity contribution in [2.24, 2.45) is 0 Å². The van der Waals surface area contributed by atoms with E-state index in [9.17, 15) is 5.26 Å². The second-order valence-corrected chi connectivity index (χ2v) is 5.34. The quantitative estimate of drug-likeness (QED) is 0.679. The lowest BCUT2D eigenvalue weighted by molar-refractivity contribution is 0.211.